The van der Waals surface area contributed by atoms with Crippen LogP contribution in [-0.4, -0.2) is 38.6 Å². The minimum Gasteiger partial charge on any atom is -0.397 e. The van der Waals surface area contributed by atoms with Gasteiger partial charge in [0, 0.05) is 0 Å². The molecular weight excluding hydrogens is 302 g/mol. The zero-order valence-electron chi connectivity index (χ0n) is 11.0. The van der Waals surface area contributed by atoms with Gasteiger partial charge in [-0.05, 0) is 31.4 Å². The number of hydrogen-bond donors (Lipinski definition) is 2. The summed E-state index contributed by atoms with van der Waals surface area (Å²) in [5.41, 5.74) is 6.83. The molecule has 0 aliphatic carbocycles. The van der Waals surface area contributed by atoms with E-state index in [0.717, 1.165) is 5.56 Å². The topological polar surface area (TPSA) is 119 Å². The van der Waals surface area contributed by atoms with Gasteiger partial charge in [-0.1, -0.05) is 0 Å². The molecule has 1 fully saturated rings. The third kappa shape index (κ3) is 3.40. The average molecular weight is 319 g/mol. The number of rotatable bonds is 3. The summed E-state index contributed by atoms with van der Waals surface area (Å²) in [5, 5.41) is -0.703. The number of nitrogens with two attached hydrogens (primary N) is 1. The molecule has 2 heterocycles. The van der Waals surface area contributed by atoms with E-state index in [2.05, 4.69) is 9.71 Å². The van der Waals surface area contributed by atoms with E-state index in [9.17, 15) is 16.8 Å². The summed E-state index contributed by atoms with van der Waals surface area (Å²) in [6.07, 6.45) is 1.62. The highest BCUT2D eigenvalue weighted by atomic mass is 32.2. The lowest BCUT2D eigenvalue weighted by Gasteiger charge is -2.22. The SMILES string of the molecule is Cc1cc(NS(=O)(=O)C2CCS(=O)(=O)CC2)ncc1N. The number of nitrogens with one attached hydrogen (secondary N) is 1. The van der Waals surface area contributed by atoms with Gasteiger partial charge in [0.25, 0.3) is 0 Å². The molecule has 7 nitrogen and oxygen atoms in total. The summed E-state index contributed by atoms with van der Waals surface area (Å²) in [4.78, 5) is 3.91. The molecule has 0 radical (unpaired) electrons. The molecule has 1 aromatic heterocycles. The molecule has 0 amide bonds. The van der Waals surface area contributed by atoms with Gasteiger partial charge in [-0.2, -0.15) is 0 Å². The van der Waals surface area contributed by atoms with Crippen LogP contribution in [0.25, 0.3) is 0 Å². The van der Waals surface area contributed by atoms with Crippen LogP contribution in [0.2, 0.25) is 0 Å². The van der Waals surface area contributed by atoms with Gasteiger partial charge in [0.1, 0.15) is 15.7 Å². The maximum Gasteiger partial charge on any atom is 0.236 e. The Morgan fingerprint density at radius 1 is 1.35 bits per heavy atom. The molecule has 1 saturated heterocycles. The monoisotopic (exact) mass is 319 g/mol. The molecular formula is C11H17N3O4S2. The Morgan fingerprint density at radius 3 is 2.50 bits per heavy atom. The summed E-state index contributed by atoms with van der Waals surface area (Å²) in [6.45, 7) is 1.75. The van der Waals surface area contributed by atoms with Gasteiger partial charge in [0.05, 0.1) is 28.6 Å². The van der Waals surface area contributed by atoms with Crippen LogP contribution in [0.4, 0.5) is 11.5 Å². The van der Waals surface area contributed by atoms with Crippen LogP contribution in [-0.2, 0) is 19.9 Å². The van der Waals surface area contributed by atoms with Crippen molar-refractivity contribution in [2.75, 3.05) is 22.0 Å². The van der Waals surface area contributed by atoms with Gasteiger partial charge >= 0.3 is 0 Å². The van der Waals surface area contributed by atoms with Crippen molar-refractivity contribution in [1.29, 1.82) is 0 Å². The number of aryl methyl sites for hydroxylation is 1. The van der Waals surface area contributed by atoms with E-state index in [1.165, 1.54) is 6.20 Å². The third-order valence-corrected chi connectivity index (χ3v) is 6.90. The van der Waals surface area contributed by atoms with Crippen LogP contribution in [0.1, 0.15) is 18.4 Å². The smallest absolute Gasteiger partial charge is 0.236 e. The lowest BCUT2D eigenvalue weighted by atomic mass is 10.2. The number of nitrogen functional groups attached to an aromatic ring is 1. The molecule has 112 valence electrons. The lowest BCUT2D eigenvalue weighted by molar-refractivity contribution is 0.555. The Kier molecular flexibility index (Phi) is 3.92. The molecule has 2 rings (SSSR count). The Morgan fingerprint density at radius 2 is 1.95 bits per heavy atom. The Bertz CT molecular complexity index is 699. The largest absolute Gasteiger partial charge is 0.397 e. The second-order valence-corrected chi connectivity index (χ2v) is 9.19. The number of anilines is 2. The highest BCUT2D eigenvalue weighted by molar-refractivity contribution is 7.94. The first-order chi connectivity index (χ1) is 9.20. The fourth-order valence-corrected chi connectivity index (χ4v) is 5.25. The molecule has 1 aromatic rings. The van der Waals surface area contributed by atoms with Crippen molar-refractivity contribution in [3.63, 3.8) is 0 Å². The van der Waals surface area contributed by atoms with Crippen LogP contribution >= 0.6 is 0 Å². The number of aromatic nitrogens is 1. The third-order valence-electron chi connectivity index (χ3n) is 3.34. The highest BCUT2D eigenvalue weighted by Crippen LogP contribution is 2.22. The van der Waals surface area contributed by atoms with Crippen molar-refractivity contribution in [3.05, 3.63) is 17.8 Å². The van der Waals surface area contributed by atoms with Crippen LogP contribution in [0, 0.1) is 6.92 Å². The first-order valence-electron chi connectivity index (χ1n) is 6.14. The fraction of sp³-hybridized carbons (Fsp3) is 0.545. The Balaban J connectivity index is 2.13. The van der Waals surface area contributed by atoms with Crippen molar-refractivity contribution in [3.8, 4) is 0 Å². The molecule has 1 aliphatic rings. The quantitative estimate of drug-likeness (QED) is 0.826. The van der Waals surface area contributed by atoms with Crippen LogP contribution in [0.15, 0.2) is 12.3 Å². The molecule has 1 aliphatic heterocycles. The molecule has 0 spiro atoms. The van der Waals surface area contributed by atoms with Crippen LogP contribution in [0.3, 0.4) is 0 Å². The second-order valence-electron chi connectivity index (χ2n) is 4.92. The second kappa shape index (κ2) is 5.21. The molecule has 3 N–H and O–H groups in total. The predicted octanol–water partition coefficient (Wildman–Crippen LogP) is 0.291. The van der Waals surface area contributed by atoms with Crippen molar-refractivity contribution < 1.29 is 16.8 Å². The van der Waals surface area contributed by atoms with Gasteiger partial charge in [-0.15, -0.1) is 0 Å². The van der Waals surface area contributed by atoms with Crippen LogP contribution in [0.5, 0.6) is 0 Å². The Labute approximate surface area is 118 Å². The minimum absolute atomic E-state index is 0.0905. The van der Waals surface area contributed by atoms with Crippen molar-refractivity contribution in [2.45, 2.75) is 25.0 Å². The van der Waals surface area contributed by atoms with Crippen molar-refractivity contribution in [1.82, 2.24) is 4.98 Å². The van der Waals surface area contributed by atoms with Crippen LogP contribution < -0.4 is 10.5 Å². The summed E-state index contributed by atoms with van der Waals surface area (Å²) >= 11 is 0. The van der Waals surface area contributed by atoms with Gasteiger partial charge in [-0.25, -0.2) is 21.8 Å². The highest BCUT2D eigenvalue weighted by Gasteiger charge is 2.33. The van der Waals surface area contributed by atoms with E-state index >= 15 is 0 Å². The first kappa shape index (κ1) is 15.0. The van der Waals surface area contributed by atoms with E-state index < -0.39 is 25.1 Å². The summed E-state index contributed by atoms with van der Waals surface area (Å²) in [6, 6.07) is 1.55. The van der Waals surface area contributed by atoms with Gasteiger partial charge in [-0.3, -0.25) is 4.72 Å². The normalized spacial score (nSPS) is 19.6. The molecule has 0 aromatic carbocycles. The molecule has 0 saturated carbocycles. The molecule has 0 bridgehead atoms. The maximum absolute atomic E-state index is 12.2. The number of sulfonamides is 1. The number of nitrogens with zero attached hydrogens (tertiary/aromatic N) is 1. The fourth-order valence-electron chi connectivity index (χ4n) is 2.03. The van der Waals surface area contributed by atoms with Gasteiger partial charge < -0.3 is 5.73 Å². The van der Waals surface area contributed by atoms with Gasteiger partial charge in [0.2, 0.25) is 10.0 Å². The summed E-state index contributed by atoms with van der Waals surface area (Å²) in [5.74, 6) is 0.0182. The zero-order valence-corrected chi connectivity index (χ0v) is 12.7. The van der Waals surface area contributed by atoms with Crippen molar-refractivity contribution >= 4 is 31.4 Å². The van der Waals surface area contributed by atoms with E-state index in [1.807, 2.05) is 0 Å². The van der Waals surface area contributed by atoms with Crippen molar-refractivity contribution in [2.24, 2.45) is 0 Å². The van der Waals surface area contributed by atoms with E-state index in [1.54, 1.807) is 13.0 Å². The lowest BCUT2D eigenvalue weighted by Crippen LogP contribution is -2.36. The zero-order chi connectivity index (χ0) is 15.0. The maximum atomic E-state index is 12.2. The van der Waals surface area contributed by atoms with E-state index in [-0.39, 0.29) is 30.2 Å². The molecule has 20 heavy (non-hydrogen) atoms. The van der Waals surface area contributed by atoms with Gasteiger partial charge in [0.15, 0.2) is 0 Å². The molecule has 0 atom stereocenters. The standard InChI is InChI=1S/C11H17N3O4S2/c1-8-6-11(13-7-10(8)12)14-20(17,18)9-2-4-19(15,16)5-3-9/h6-7,9H,2-5,12H2,1H3,(H,13,14). The summed E-state index contributed by atoms with van der Waals surface area (Å²) < 4.78 is 49.4. The number of pyridine rings is 1. The minimum atomic E-state index is -3.63. The average Bonchev–Trinajstić information content (AvgIpc) is 2.33. The first-order valence-corrected chi connectivity index (χ1v) is 9.50. The summed E-state index contributed by atoms with van der Waals surface area (Å²) in [7, 11) is -6.72. The Hall–Kier alpha value is -1.35. The van der Waals surface area contributed by atoms with E-state index in [0.29, 0.717) is 5.69 Å². The number of sulfone groups is 1. The number of hydrogen-bond acceptors (Lipinski definition) is 6. The van der Waals surface area contributed by atoms with E-state index in [4.69, 9.17) is 5.73 Å². The predicted molar refractivity (Wildman–Crippen MR) is 77.6 cm³/mol. The molecule has 9 heteroatoms. The molecule has 0 unspecified atom stereocenters.